The van der Waals surface area contributed by atoms with Crippen LogP contribution in [0.1, 0.15) is 12.6 Å². The van der Waals surface area contributed by atoms with Gasteiger partial charge in [0.25, 0.3) is 5.82 Å². The van der Waals surface area contributed by atoms with E-state index in [1.807, 2.05) is 25.3 Å². The van der Waals surface area contributed by atoms with Crippen molar-refractivity contribution in [1.82, 2.24) is 19.6 Å². The first-order valence-electron chi connectivity index (χ1n) is 8.30. The summed E-state index contributed by atoms with van der Waals surface area (Å²) in [4.78, 5) is 24.0. The van der Waals surface area contributed by atoms with Crippen LogP contribution in [0.3, 0.4) is 0 Å². The number of aryl methyl sites for hydroxylation is 1. The van der Waals surface area contributed by atoms with Gasteiger partial charge in [-0.05, 0) is 36.8 Å². The van der Waals surface area contributed by atoms with Crippen molar-refractivity contribution in [2.75, 3.05) is 0 Å². The molecule has 138 valence electrons. The highest BCUT2D eigenvalue weighted by molar-refractivity contribution is 5.83. The molecule has 0 radical (unpaired) electrons. The van der Waals surface area contributed by atoms with Gasteiger partial charge in [-0.15, -0.1) is 0 Å². The van der Waals surface area contributed by atoms with Crippen molar-refractivity contribution in [3.8, 4) is 22.4 Å². The highest BCUT2D eigenvalue weighted by Crippen LogP contribution is 2.34. The van der Waals surface area contributed by atoms with E-state index in [0.717, 1.165) is 40.1 Å². The number of fused-ring (bicyclic) bond motifs is 1. The van der Waals surface area contributed by atoms with Crippen LogP contribution >= 0.6 is 0 Å². The van der Waals surface area contributed by atoms with Gasteiger partial charge in [0.1, 0.15) is 11.5 Å². The number of nitrogens with one attached hydrogen (secondary N) is 1. The Morgan fingerprint density at radius 2 is 1.86 bits per heavy atom. The summed E-state index contributed by atoms with van der Waals surface area (Å²) in [6.07, 6.45) is 4.48. The summed E-state index contributed by atoms with van der Waals surface area (Å²) in [7, 11) is 0. The maximum Gasteiger partial charge on any atom is 0.373 e. The van der Waals surface area contributed by atoms with E-state index in [0.29, 0.717) is 5.82 Å². The van der Waals surface area contributed by atoms with Gasteiger partial charge >= 0.3 is 6.15 Å². The van der Waals surface area contributed by atoms with Gasteiger partial charge in [0.05, 0.1) is 12.4 Å². The summed E-state index contributed by atoms with van der Waals surface area (Å²) in [6, 6.07) is 10.1. The fraction of sp³-hybridized carbons (Fsp3) is 0.100. The van der Waals surface area contributed by atoms with Crippen molar-refractivity contribution < 1.29 is 14.0 Å². The second-order valence-corrected chi connectivity index (χ2v) is 5.74. The van der Waals surface area contributed by atoms with Crippen molar-refractivity contribution in [3.63, 3.8) is 0 Å². The fourth-order valence-corrected chi connectivity index (χ4v) is 2.96. The van der Waals surface area contributed by atoms with Gasteiger partial charge in [0.2, 0.25) is 5.65 Å². The van der Waals surface area contributed by atoms with Crippen molar-refractivity contribution in [2.45, 2.75) is 13.3 Å². The Balaban J connectivity index is 0.000000706. The van der Waals surface area contributed by atoms with Crippen molar-refractivity contribution >= 4 is 17.6 Å². The Hall–Kier alpha value is -4.08. The molecule has 8 heteroatoms. The highest BCUT2D eigenvalue weighted by Gasteiger charge is 2.18. The predicted molar refractivity (Wildman–Crippen MR) is 98.8 cm³/mol. The first kappa shape index (κ1) is 18.7. The zero-order valence-corrected chi connectivity index (χ0v) is 14.8. The standard InChI is InChI=1S/C19H14FN5.CO2/c1-3-15-18(19(24-23-15)12-4-7-14(20)8-5-12)13-6-9-16-22-10-17(21-2)25(16)11-13;2-1-3/h4-11H,3H2,1H3,(H,23,24);. The first-order chi connectivity index (χ1) is 13.6. The Bertz CT molecular complexity index is 1200. The molecule has 0 fully saturated rings. The minimum atomic E-state index is -0.280. The van der Waals surface area contributed by atoms with Gasteiger partial charge in [-0.1, -0.05) is 13.5 Å². The number of nitrogens with zero attached hydrogens (tertiary/aromatic N) is 4. The average Bonchev–Trinajstić information content (AvgIpc) is 3.32. The SMILES string of the molecule is O=C=O.[C-]#[N+]c1cnc2ccc(-c3c(-c4ccc(F)cc4)n[nH]c3CC)cn12. The largest absolute Gasteiger partial charge is 0.373 e. The lowest BCUT2D eigenvalue weighted by atomic mass is 9.99. The number of pyridine rings is 1. The van der Waals surface area contributed by atoms with Crippen LogP contribution in [-0.2, 0) is 16.0 Å². The summed E-state index contributed by atoms with van der Waals surface area (Å²) < 4.78 is 15.0. The number of carbonyl (C=O) groups excluding carboxylic acids is 2. The van der Waals surface area contributed by atoms with Crippen molar-refractivity contribution in [1.29, 1.82) is 0 Å². The molecule has 4 aromatic rings. The number of hydrogen-bond acceptors (Lipinski definition) is 4. The maximum atomic E-state index is 13.3. The van der Waals surface area contributed by atoms with Crippen LogP contribution in [-0.4, -0.2) is 25.7 Å². The second kappa shape index (κ2) is 8.08. The monoisotopic (exact) mass is 375 g/mol. The Labute approximate surface area is 159 Å². The number of benzene rings is 1. The smallest absolute Gasteiger partial charge is 0.362 e. The molecule has 28 heavy (non-hydrogen) atoms. The van der Waals surface area contributed by atoms with E-state index in [1.54, 1.807) is 22.7 Å². The average molecular weight is 375 g/mol. The van der Waals surface area contributed by atoms with Crippen molar-refractivity contribution in [3.05, 3.63) is 71.7 Å². The molecular weight excluding hydrogens is 361 g/mol. The normalized spacial score (nSPS) is 10.0. The summed E-state index contributed by atoms with van der Waals surface area (Å²) in [6.45, 7) is 9.32. The number of hydrogen-bond donors (Lipinski definition) is 1. The number of aromatic amines is 1. The van der Waals surface area contributed by atoms with Gasteiger partial charge in [0.15, 0.2) is 0 Å². The summed E-state index contributed by atoms with van der Waals surface area (Å²) in [5.74, 6) is 0.180. The summed E-state index contributed by atoms with van der Waals surface area (Å²) >= 11 is 0. The number of aromatic nitrogens is 4. The van der Waals surface area contributed by atoms with Crippen LogP contribution in [0.15, 0.2) is 48.8 Å². The molecule has 3 aromatic heterocycles. The number of imidazole rings is 1. The van der Waals surface area contributed by atoms with E-state index in [9.17, 15) is 4.39 Å². The molecule has 0 unspecified atom stereocenters. The van der Waals surface area contributed by atoms with Crippen LogP contribution < -0.4 is 0 Å². The molecule has 7 nitrogen and oxygen atoms in total. The van der Waals surface area contributed by atoms with E-state index in [4.69, 9.17) is 16.2 Å². The van der Waals surface area contributed by atoms with Gasteiger partial charge in [-0.3, -0.25) is 5.10 Å². The topological polar surface area (TPSA) is 84.5 Å². The molecule has 1 aromatic carbocycles. The van der Waals surface area contributed by atoms with E-state index < -0.39 is 0 Å². The molecule has 0 aliphatic carbocycles. The summed E-state index contributed by atoms with van der Waals surface area (Å²) in [5.41, 5.74) is 5.20. The van der Waals surface area contributed by atoms with Crippen LogP contribution in [0.4, 0.5) is 10.2 Å². The lowest BCUT2D eigenvalue weighted by Crippen LogP contribution is -1.91. The molecular formula is C20H14FN5O2. The van der Waals surface area contributed by atoms with E-state index >= 15 is 0 Å². The fourth-order valence-electron chi connectivity index (χ4n) is 2.96. The third-order valence-corrected chi connectivity index (χ3v) is 4.20. The quantitative estimate of drug-likeness (QED) is 0.547. The van der Waals surface area contributed by atoms with Crippen LogP contribution in [0.5, 0.6) is 0 Å². The van der Waals surface area contributed by atoms with Crippen molar-refractivity contribution in [2.24, 2.45) is 0 Å². The molecule has 0 amide bonds. The first-order valence-corrected chi connectivity index (χ1v) is 8.30. The molecule has 0 bridgehead atoms. The van der Waals surface area contributed by atoms with Gasteiger partial charge in [0, 0.05) is 28.5 Å². The van der Waals surface area contributed by atoms with Gasteiger partial charge < -0.3 is 4.85 Å². The predicted octanol–water partition coefficient (Wildman–Crippen LogP) is 4.06. The minimum Gasteiger partial charge on any atom is -0.362 e. The lowest BCUT2D eigenvalue weighted by molar-refractivity contribution is -0.191. The molecule has 1 N–H and O–H groups in total. The zero-order valence-electron chi connectivity index (χ0n) is 14.8. The number of H-pyrrole nitrogens is 1. The van der Waals surface area contributed by atoms with Gasteiger partial charge in [-0.25, -0.2) is 13.8 Å². The highest BCUT2D eigenvalue weighted by atomic mass is 19.1. The summed E-state index contributed by atoms with van der Waals surface area (Å²) in [5, 5.41) is 7.52. The molecule has 0 atom stereocenters. The number of halogens is 1. The van der Waals surface area contributed by atoms with Crippen LogP contribution in [0.2, 0.25) is 0 Å². The Kier molecular flexibility index (Phi) is 5.40. The number of rotatable bonds is 3. The molecule has 0 saturated carbocycles. The zero-order chi connectivity index (χ0) is 20.1. The lowest BCUT2D eigenvalue weighted by Gasteiger charge is -2.06. The molecule has 4 rings (SSSR count). The second-order valence-electron chi connectivity index (χ2n) is 5.74. The Morgan fingerprint density at radius 3 is 2.50 bits per heavy atom. The third kappa shape index (κ3) is 3.43. The van der Waals surface area contributed by atoms with Crippen LogP contribution in [0.25, 0.3) is 32.9 Å². The van der Waals surface area contributed by atoms with Crippen LogP contribution in [0, 0.1) is 12.4 Å². The maximum absolute atomic E-state index is 13.3. The molecule has 0 aliphatic heterocycles. The van der Waals surface area contributed by atoms with E-state index in [1.165, 1.54) is 12.1 Å². The Morgan fingerprint density at radius 1 is 1.18 bits per heavy atom. The molecule has 0 spiro atoms. The minimum absolute atomic E-state index is 0.250. The van der Waals surface area contributed by atoms with E-state index in [2.05, 4.69) is 20.0 Å². The molecule has 3 heterocycles. The van der Waals surface area contributed by atoms with E-state index in [-0.39, 0.29) is 12.0 Å². The molecule has 0 saturated heterocycles. The van der Waals surface area contributed by atoms with Gasteiger partial charge in [-0.2, -0.15) is 14.7 Å². The molecule has 0 aliphatic rings. The third-order valence-electron chi connectivity index (χ3n) is 4.20.